The molecule has 1 unspecified atom stereocenters. The maximum atomic E-state index is 11.9. The smallest absolute Gasteiger partial charge is 0.156 e. The zero-order chi connectivity index (χ0) is 13.9. The molecule has 1 rings (SSSR count). The third kappa shape index (κ3) is 3.91. The molecule has 0 radical (unpaired) electrons. The standard InChI is InChI=1S/C12H25NO4S/c1-11(2,3)18(14,15)8-6-13-9-12(16-4)5-7-17-10-12/h13H,5-10H2,1-4H3. The lowest BCUT2D eigenvalue weighted by molar-refractivity contribution is -0.0153. The lowest BCUT2D eigenvalue weighted by atomic mass is 10.0. The minimum atomic E-state index is -3.05. The molecule has 18 heavy (non-hydrogen) atoms. The van der Waals surface area contributed by atoms with E-state index in [1.165, 1.54) is 0 Å². The molecule has 108 valence electrons. The molecule has 1 aliphatic heterocycles. The molecule has 6 heteroatoms. The average molecular weight is 279 g/mol. The summed E-state index contributed by atoms with van der Waals surface area (Å²) in [4.78, 5) is 0. The molecule has 1 heterocycles. The molecule has 0 aromatic rings. The Morgan fingerprint density at radius 2 is 2.06 bits per heavy atom. The van der Waals surface area contributed by atoms with Gasteiger partial charge in [0, 0.05) is 33.2 Å². The number of hydrogen-bond donors (Lipinski definition) is 1. The van der Waals surface area contributed by atoms with Crippen molar-refractivity contribution in [3.05, 3.63) is 0 Å². The number of hydrogen-bond acceptors (Lipinski definition) is 5. The van der Waals surface area contributed by atoms with E-state index in [2.05, 4.69) is 5.32 Å². The van der Waals surface area contributed by atoms with Gasteiger partial charge in [-0.1, -0.05) is 0 Å². The van der Waals surface area contributed by atoms with Crippen LogP contribution in [0.25, 0.3) is 0 Å². The summed E-state index contributed by atoms with van der Waals surface area (Å²) < 4.78 is 33.9. The molecule has 0 bridgehead atoms. The highest BCUT2D eigenvalue weighted by atomic mass is 32.2. The Balaban J connectivity index is 2.35. The molecule has 0 aromatic heterocycles. The summed E-state index contributed by atoms with van der Waals surface area (Å²) >= 11 is 0. The van der Waals surface area contributed by atoms with Gasteiger partial charge >= 0.3 is 0 Å². The van der Waals surface area contributed by atoms with Crippen molar-refractivity contribution in [3.63, 3.8) is 0 Å². The van der Waals surface area contributed by atoms with Crippen molar-refractivity contribution in [3.8, 4) is 0 Å². The maximum Gasteiger partial charge on any atom is 0.156 e. The maximum absolute atomic E-state index is 11.9. The second-order valence-electron chi connectivity index (χ2n) is 5.80. The summed E-state index contributed by atoms with van der Waals surface area (Å²) in [6.07, 6.45) is 0.850. The first-order valence-electron chi connectivity index (χ1n) is 6.28. The van der Waals surface area contributed by atoms with Crippen LogP contribution in [0.2, 0.25) is 0 Å². The number of methoxy groups -OCH3 is 1. The van der Waals surface area contributed by atoms with E-state index >= 15 is 0 Å². The lowest BCUT2D eigenvalue weighted by Gasteiger charge is -2.26. The average Bonchev–Trinajstić information content (AvgIpc) is 2.72. The Kier molecular flexibility index (Phi) is 5.17. The van der Waals surface area contributed by atoms with Crippen molar-refractivity contribution >= 4 is 9.84 Å². The van der Waals surface area contributed by atoms with E-state index in [1.807, 2.05) is 0 Å². The van der Waals surface area contributed by atoms with Crippen LogP contribution >= 0.6 is 0 Å². The first-order chi connectivity index (χ1) is 8.22. The van der Waals surface area contributed by atoms with Gasteiger partial charge in [0.15, 0.2) is 9.84 Å². The highest BCUT2D eigenvalue weighted by Crippen LogP contribution is 2.21. The van der Waals surface area contributed by atoms with Crippen molar-refractivity contribution in [2.24, 2.45) is 0 Å². The highest BCUT2D eigenvalue weighted by Gasteiger charge is 2.35. The van der Waals surface area contributed by atoms with Crippen LogP contribution in [0, 0.1) is 0 Å². The van der Waals surface area contributed by atoms with Crippen LogP contribution in [0.4, 0.5) is 0 Å². The van der Waals surface area contributed by atoms with E-state index in [1.54, 1.807) is 27.9 Å². The molecule has 0 saturated carbocycles. The molecular formula is C12H25NO4S. The van der Waals surface area contributed by atoms with Gasteiger partial charge in [0.05, 0.1) is 17.1 Å². The molecule has 0 aromatic carbocycles. The van der Waals surface area contributed by atoms with Gasteiger partial charge in [0.2, 0.25) is 0 Å². The van der Waals surface area contributed by atoms with Crippen molar-refractivity contribution in [2.45, 2.75) is 37.5 Å². The van der Waals surface area contributed by atoms with E-state index in [-0.39, 0.29) is 11.4 Å². The third-order valence-electron chi connectivity index (χ3n) is 3.43. The van der Waals surface area contributed by atoms with Crippen molar-refractivity contribution < 1.29 is 17.9 Å². The summed E-state index contributed by atoms with van der Waals surface area (Å²) in [6, 6.07) is 0. The predicted molar refractivity (Wildman–Crippen MR) is 71.6 cm³/mol. The van der Waals surface area contributed by atoms with Crippen LogP contribution in [0.3, 0.4) is 0 Å². The third-order valence-corrected chi connectivity index (χ3v) is 6.04. The van der Waals surface area contributed by atoms with Crippen LogP contribution in [0.5, 0.6) is 0 Å². The summed E-state index contributed by atoms with van der Waals surface area (Å²) in [5.74, 6) is 0.150. The fourth-order valence-electron chi connectivity index (χ4n) is 1.79. The highest BCUT2D eigenvalue weighted by molar-refractivity contribution is 7.92. The number of nitrogens with one attached hydrogen (secondary N) is 1. The summed E-state index contributed by atoms with van der Waals surface area (Å²) in [5.41, 5.74) is -0.286. The predicted octanol–water partition coefficient (Wildman–Crippen LogP) is 0.595. The van der Waals surface area contributed by atoms with Crippen LogP contribution in [0.15, 0.2) is 0 Å². The Hall–Kier alpha value is -0.170. The van der Waals surface area contributed by atoms with Crippen molar-refractivity contribution in [1.29, 1.82) is 0 Å². The van der Waals surface area contributed by atoms with Crippen LogP contribution in [-0.4, -0.2) is 57.9 Å². The van der Waals surface area contributed by atoms with E-state index in [9.17, 15) is 8.42 Å². The van der Waals surface area contributed by atoms with Gasteiger partial charge in [-0.25, -0.2) is 8.42 Å². The van der Waals surface area contributed by atoms with Gasteiger partial charge in [-0.05, 0) is 20.8 Å². The van der Waals surface area contributed by atoms with E-state index in [0.717, 1.165) is 6.42 Å². The minimum absolute atomic E-state index is 0.150. The molecule has 5 nitrogen and oxygen atoms in total. The second-order valence-corrected chi connectivity index (χ2v) is 8.66. The number of rotatable bonds is 6. The topological polar surface area (TPSA) is 64.6 Å². The summed E-state index contributed by atoms with van der Waals surface area (Å²) in [6.45, 7) is 7.53. The molecule has 0 aliphatic carbocycles. The van der Waals surface area contributed by atoms with E-state index in [0.29, 0.717) is 26.3 Å². The molecule has 1 aliphatic rings. The van der Waals surface area contributed by atoms with Gasteiger partial charge in [-0.3, -0.25) is 0 Å². The summed E-state index contributed by atoms with van der Waals surface area (Å²) in [7, 11) is -1.39. The Labute approximate surface area is 110 Å². The normalized spacial score (nSPS) is 25.6. The zero-order valence-electron chi connectivity index (χ0n) is 11.8. The minimum Gasteiger partial charge on any atom is -0.378 e. The monoisotopic (exact) mass is 279 g/mol. The van der Waals surface area contributed by atoms with E-state index in [4.69, 9.17) is 9.47 Å². The molecule has 0 spiro atoms. The first kappa shape index (κ1) is 15.9. The SMILES string of the molecule is COC1(CNCCS(=O)(=O)C(C)(C)C)CCOC1. The van der Waals surface area contributed by atoms with Crippen LogP contribution in [-0.2, 0) is 19.3 Å². The Morgan fingerprint density at radius 1 is 1.39 bits per heavy atom. The molecule has 1 saturated heterocycles. The fourth-order valence-corrected chi connectivity index (χ4v) is 2.82. The molecule has 1 atom stereocenters. The van der Waals surface area contributed by atoms with Crippen molar-refractivity contribution in [1.82, 2.24) is 5.32 Å². The van der Waals surface area contributed by atoms with Gasteiger partial charge in [0.25, 0.3) is 0 Å². The summed E-state index contributed by atoms with van der Waals surface area (Å²) in [5, 5.41) is 3.16. The zero-order valence-corrected chi connectivity index (χ0v) is 12.6. The van der Waals surface area contributed by atoms with Crippen LogP contribution < -0.4 is 5.32 Å². The number of ether oxygens (including phenoxy) is 2. The number of sulfone groups is 1. The van der Waals surface area contributed by atoms with Gasteiger partial charge in [-0.2, -0.15) is 0 Å². The Bertz CT molecular complexity index is 353. The lowest BCUT2D eigenvalue weighted by Crippen LogP contribution is -2.45. The van der Waals surface area contributed by atoms with Gasteiger partial charge in [0.1, 0.15) is 5.60 Å². The molecule has 1 N–H and O–H groups in total. The fraction of sp³-hybridized carbons (Fsp3) is 1.00. The molecular weight excluding hydrogens is 254 g/mol. The largest absolute Gasteiger partial charge is 0.378 e. The van der Waals surface area contributed by atoms with Gasteiger partial charge < -0.3 is 14.8 Å². The Morgan fingerprint density at radius 3 is 2.50 bits per heavy atom. The second kappa shape index (κ2) is 5.86. The molecule has 1 fully saturated rings. The quantitative estimate of drug-likeness (QED) is 0.721. The van der Waals surface area contributed by atoms with Gasteiger partial charge in [-0.15, -0.1) is 0 Å². The van der Waals surface area contributed by atoms with Crippen molar-refractivity contribution in [2.75, 3.05) is 39.2 Å². The van der Waals surface area contributed by atoms with E-state index < -0.39 is 14.6 Å². The molecule has 0 amide bonds. The first-order valence-corrected chi connectivity index (χ1v) is 7.94. The van der Waals surface area contributed by atoms with Crippen LogP contribution in [0.1, 0.15) is 27.2 Å².